The minimum Gasteiger partial charge on any atom is -0.379 e. The largest absolute Gasteiger partial charge is 0.379 e. The number of aromatic nitrogens is 3. The van der Waals surface area contributed by atoms with E-state index in [0.717, 1.165) is 17.8 Å². The fourth-order valence-electron chi connectivity index (χ4n) is 2.29. The summed E-state index contributed by atoms with van der Waals surface area (Å²) in [7, 11) is 1.81. The number of hydrogen-bond acceptors (Lipinski definition) is 6. The molecule has 162 valence electrons. The molecule has 0 atom stereocenters. The van der Waals surface area contributed by atoms with Crippen LogP contribution in [0.4, 0.5) is 5.69 Å². The summed E-state index contributed by atoms with van der Waals surface area (Å²) in [5.74, 6) is -0.0578. The van der Waals surface area contributed by atoms with E-state index in [1.807, 2.05) is 51.4 Å². The Kier molecular flexibility index (Phi) is 13.3. The van der Waals surface area contributed by atoms with E-state index in [1.165, 1.54) is 5.56 Å². The van der Waals surface area contributed by atoms with Gasteiger partial charge in [0, 0.05) is 12.7 Å². The fraction of sp³-hybridized carbons (Fsp3) is 0.571. The topological polar surface area (TPSA) is 87.5 Å². The highest BCUT2D eigenvalue weighted by Crippen LogP contribution is 2.10. The van der Waals surface area contributed by atoms with Gasteiger partial charge in [0.05, 0.1) is 52.3 Å². The molecule has 0 saturated carbocycles. The Morgan fingerprint density at radius 2 is 1.62 bits per heavy atom. The third-order valence-corrected chi connectivity index (χ3v) is 3.76. The Hall–Kier alpha value is -2.29. The Labute approximate surface area is 173 Å². The highest BCUT2D eigenvalue weighted by atomic mass is 16.5. The molecule has 0 aliphatic heterocycles. The van der Waals surface area contributed by atoms with Crippen molar-refractivity contribution in [2.24, 2.45) is 7.05 Å². The summed E-state index contributed by atoms with van der Waals surface area (Å²) in [5, 5.41) is 10.6. The molecular weight excluding hydrogens is 372 g/mol. The first-order valence-corrected chi connectivity index (χ1v) is 10.1. The van der Waals surface area contributed by atoms with Gasteiger partial charge in [0.15, 0.2) is 0 Å². The average molecular weight is 407 g/mol. The molecule has 0 unspecified atom stereocenters. The Morgan fingerprint density at radius 1 is 1.00 bits per heavy atom. The molecule has 2 aromatic rings. The maximum absolute atomic E-state index is 11.8. The van der Waals surface area contributed by atoms with Gasteiger partial charge in [-0.2, -0.15) is 0 Å². The van der Waals surface area contributed by atoms with Crippen LogP contribution in [0.15, 0.2) is 30.5 Å². The molecular formula is C21H34N4O4. The third kappa shape index (κ3) is 11.3. The van der Waals surface area contributed by atoms with Crippen molar-refractivity contribution in [2.75, 3.05) is 38.4 Å². The summed E-state index contributed by atoms with van der Waals surface area (Å²) in [6.45, 7) is 8.77. The van der Waals surface area contributed by atoms with Crippen LogP contribution in [0.5, 0.6) is 0 Å². The molecule has 2 rings (SSSR count). The number of benzene rings is 1. The molecule has 0 aliphatic rings. The average Bonchev–Trinajstić information content (AvgIpc) is 3.16. The summed E-state index contributed by atoms with van der Waals surface area (Å²) in [6, 6.07) is 7.86. The first-order valence-electron chi connectivity index (χ1n) is 10.1. The zero-order chi connectivity index (χ0) is 21.3. The van der Waals surface area contributed by atoms with E-state index in [0.29, 0.717) is 46.1 Å². The summed E-state index contributed by atoms with van der Waals surface area (Å²) < 4.78 is 17.9. The minimum absolute atomic E-state index is 0.0578. The minimum atomic E-state index is -0.0578. The molecule has 0 bridgehead atoms. The lowest BCUT2D eigenvalue weighted by Crippen LogP contribution is -2.15. The predicted molar refractivity (Wildman–Crippen MR) is 113 cm³/mol. The van der Waals surface area contributed by atoms with Crippen LogP contribution >= 0.6 is 0 Å². The van der Waals surface area contributed by atoms with Gasteiger partial charge in [0.1, 0.15) is 5.69 Å². The third-order valence-electron chi connectivity index (χ3n) is 3.76. The standard InChI is InChI=1S/C19H28N4O4.C2H6/c1-3-16-4-6-17(7-5-16)20-19(24)8-9-25-10-11-26-12-13-27-15-18-14-23(2)22-21-18;1-2/h4-7,14H,3,8-13,15H2,1-2H3,(H,20,24);1-2H3. The van der Waals surface area contributed by atoms with Crippen LogP contribution in [0, 0.1) is 0 Å². The number of hydrogen-bond donors (Lipinski definition) is 1. The van der Waals surface area contributed by atoms with Gasteiger partial charge in [-0.1, -0.05) is 38.1 Å². The monoisotopic (exact) mass is 406 g/mol. The number of ether oxygens (including phenoxy) is 3. The molecule has 8 heteroatoms. The molecule has 0 aliphatic carbocycles. The van der Waals surface area contributed by atoms with Crippen molar-refractivity contribution in [3.8, 4) is 0 Å². The van der Waals surface area contributed by atoms with Crippen molar-refractivity contribution in [2.45, 2.75) is 40.2 Å². The van der Waals surface area contributed by atoms with Crippen LogP contribution in [0.3, 0.4) is 0 Å². The van der Waals surface area contributed by atoms with Gasteiger partial charge in [-0.05, 0) is 24.1 Å². The normalized spacial score (nSPS) is 10.3. The van der Waals surface area contributed by atoms with E-state index in [-0.39, 0.29) is 5.91 Å². The molecule has 1 N–H and O–H groups in total. The quantitative estimate of drug-likeness (QED) is 0.515. The van der Waals surface area contributed by atoms with Gasteiger partial charge in [0.2, 0.25) is 5.91 Å². The number of nitrogens with one attached hydrogen (secondary N) is 1. The highest BCUT2D eigenvalue weighted by molar-refractivity contribution is 5.90. The van der Waals surface area contributed by atoms with Crippen molar-refractivity contribution < 1.29 is 19.0 Å². The van der Waals surface area contributed by atoms with E-state index in [4.69, 9.17) is 14.2 Å². The second kappa shape index (κ2) is 15.6. The summed E-state index contributed by atoms with van der Waals surface area (Å²) in [4.78, 5) is 11.8. The maximum Gasteiger partial charge on any atom is 0.226 e. The zero-order valence-corrected chi connectivity index (χ0v) is 18.0. The number of aryl methyl sites for hydroxylation is 2. The lowest BCUT2D eigenvalue weighted by molar-refractivity contribution is -0.117. The Balaban J connectivity index is 0.00000204. The van der Waals surface area contributed by atoms with Crippen LogP contribution in [-0.2, 0) is 39.1 Å². The molecule has 0 saturated heterocycles. The number of carbonyl (C=O) groups excluding carboxylic acids is 1. The van der Waals surface area contributed by atoms with Crippen molar-refractivity contribution >= 4 is 11.6 Å². The van der Waals surface area contributed by atoms with Crippen molar-refractivity contribution in [3.05, 3.63) is 41.7 Å². The van der Waals surface area contributed by atoms with Crippen molar-refractivity contribution in [1.29, 1.82) is 0 Å². The molecule has 0 radical (unpaired) electrons. The van der Waals surface area contributed by atoms with Gasteiger partial charge in [0.25, 0.3) is 0 Å². The molecule has 1 aromatic carbocycles. The van der Waals surface area contributed by atoms with Crippen LogP contribution in [0.2, 0.25) is 0 Å². The zero-order valence-electron chi connectivity index (χ0n) is 18.0. The van der Waals surface area contributed by atoms with Gasteiger partial charge < -0.3 is 19.5 Å². The second-order valence-corrected chi connectivity index (χ2v) is 6.01. The SMILES string of the molecule is CC.CCc1ccc(NC(=O)CCOCCOCCOCc2cn(C)nn2)cc1. The molecule has 1 aromatic heterocycles. The number of anilines is 1. The number of carbonyl (C=O) groups is 1. The van der Waals surface area contributed by atoms with Gasteiger partial charge in [-0.15, -0.1) is 5.10 Å². The van der Waals surface area contributed by atoms with Crippen molar-refractivity contribution in [1.82, 2.24) is 15.0 Å². The molecule has 1 amide bonds. The van der Waals surface area contributed by atoms with E-state index in [2.05, 4.69) is 22.6 Å². The van der Waals surface area contributed by atoms with Gasteiger partial charge in [-0.3, -0.25) is 9.48 Å². The smallest absolute Gasteiger partial charge is 0.226 e. The van der Waals surface area contributed by atoms with Gasteiger partial charge in [-0.25, -0.2) is 0 Å². The molecule has 29 heavy (non-hydrogen) atoms. The second-order valence-electron chi connectivity index (χ2n) is 6.01. The Bertz CT molecular complexity index is 674. The number of amides is 1. The van der Waals surface area contributed by atoms with Crippen LogP contribution < -0.4 is 5.32 Å². The lowest BCUT2D eigenvalue weighted by atomic mass is 10.1. The maximum atomic E-state index is 11.8. The van der Waals surface area contributed by atoms with Crippen LogP contribution in [0.1, 0.15) is 38.4 Å². The molecule has 8 nitrogen and oxygen atoms in total. The highest BCUT2D eigenvalue weighted by Gasteiger charge is 2.03. The van der Waals surface area contributed by atoms with Crippen molar-refractivity contribution in [3.63, 3.8) is 0 Å². The number of nitrogens with zero attached hydrogens (tertiary/aromatic N) is 3. The van der Waals surface area contributed by atoms with Crippen LogP contribution in [-0.4, -0.2) is 53.9 Å². The molecule has 0 fully saturated rings. The molecule has 0 spiro atoms. The van der Waals surface area contributed by atoms with E-state index >= 15 is 0 Å². The first-order chi connectivity index (χ1) is 14.2. The lowest BCUT2D eigenvalue weighted by Gasteiger charge is -2.07. The van der Waals surface area contributed by atoms with E-state index in [9.17, 15) is 4.79 Å². The number of rotatable bonds is 13. The van der Waals surface area contributed by atoms with Crippen LogP contribution in [0.25, 0.3) is 0 Å². The van der Waals surface area contributed by atoms with E-state index in [1.54, 1.807) is 4.68 Å². The fourth-order valence-corrected chi connectivity index (χ4v) is 2.29. The summed E-state index contributed by atoms with van der Waals surface area (Å²) in [6.07, 6.45) is 3.11. The summed E-state index contributed by atoms with van der Waals surface area (Å²) in [5.41, 5.74) is 2.85. The molecule has 1 heterocycles. The predicted octanol–water partition coefficient (Wildman–Crippen LogP) is 2.98. The van der Waals surface area contributed by atoms with E-state index < -0.39 is 0 Å². The first kappa shape index (κ1) is 24.7. The Morgan fingerprint density at radius 3 is 2.21 bits per heavy atom. The van der Waals surface area contributed by atoms with Gasteiger partial charge >= 0.3 is 0 Å². The summed E-state index contributed by atoms with van der Waals surface area (Å²) >= 11 is 0.